The van der Waals surface area contributed by atoms with E-state index < -0.39 is 0 Å². The second-order valence-electron chi connectivity index (χ2n) is 5.65. The van der Waals surface area contributed by atoms with Crippen LogP contribution in [0.25, 0.3) is 0 Å². The number of rotatable bonds is 3. The molecular formula is C15H23N3O2. The predicted molar refractivity (Wildman–Crippen MR) is 76.8 cm³/mol. The van der Waals surface area contributed by atoms with Crippen molar-refractivity contribution < 1.29 is 9.47 Å². The number of hydrogen-bond donors (Lipinski definition) is 0. The van der Waals surface area contributed by atoms with Crippen LogP contribution in [0.15, 0.2) is 18.2 Å². The fraction of sp³-hybridized carbons (Fsp3) is 0.667. The molecule has 3 heterocycles. The van der Waals surface area contributed by atoms with E-state index in [1.165, 1.54) is 0 Å². The van der Waals surface area contributed by atoms with Crippen LogP contribution < -0.4 is 4.74 Å². The first-order valence-electron chi connectivity index (χ1n) is 7.30. The third-order valence-corrected chi connectivity index (χ3v) is 4.32. The van der Waals surface area contributed by atoms with Crippen LogP contribution in [0.4, 0.5) is 0 Å². The van der Waals surface area contributed by atoms with Crippen LogP contribution >= 0.6 is 0 Å². The number of ether oxygens (including phenoxy) is 2. The lowest BCUT2D eigenvalue weighted by Crippen LogP contribution is -2.58. The second-order valence-corrected chi connectivity index (χ2v) is 5.65. The first kappa shape index (κ1) is 13.8. The maximum atomic E-state index is 5.88. The number of aromatic nitrogens is 1. The molecule has 5 heteroatoms. The molecule has 2 saturated heterocycles. The summed E-state index contributed by atoms with van der Waals surface area (Å²) in [6.45, 7) is 4.92. The largest absolute Gasteiger partial charge is 0.481 e. The van der Waals surface area contributed by atoms with E-state index in [0.29, 0.717) is 18.0 Å². The molecule has 2 fully saturated rings. The van der Waals surface area contributed by atoms with Crippen LogP contribution in [-0.4, -0.2) is 67.3 Å². The standard InChI is InChI=1S/C15H23N3O2/c1-17-8-9-20-14-6-7-18(11-13(14)17)10-12-4-3-5-15(16-12)19-2/h3-5,13-14H,6-11H2,1-2H3/t13-,14-/m0/s1. The van der Waals surface area contributed by atoms with Crippen molar-refractivity contribution in [3.8, 4) is 5.88 Å². The zero-order chi connectivity index (χ0) is 13.9. The minimum absolute atomic E-state index is 0.406. The molecule has 110 valence electrons. The van der Waals surface area contributed by atoms with Gasteiger partial charge in [0, 0.05) is 38.3 Å². The van der Waals surface area contributed by atoms with Gasteiger partial charge in [-0.05, 0) is 19.5 Å². The van der Waals surface area contributed by atoms with Crippen LogP contribution in [0, 0.1) is 0 Å². The maximum Gasteiger partial charge on any atom is 0.213 e. The molecule has 0 amide bonds. The number of likely N-dealkylation sites (tertiary alicyclic amines) is 1. The highest BCUT2D eigenvalue weighted by Crippen LogP contribution is 2.23. The average Bonchev–Trinajstić information content (AvgIpc) is 2.48. The molecule has 20 heavy (non-hydrogen) atoms. The summed E-state index contributed by atoms with van der Waals surface area (Å²) in [5.41, 5.74) is 1.07. The highest BCUT2D eigenvalue weighted by molar-refractivity contribution is 5.15. The molecule has 0 unspecified atom stereocenters. The van der Waals surface area contributed by atoms with Gasteiger partial charge in [-0.25, -0.2) is 4.98 Å². The van der Waals surface area contributed by atoms with E-state index in [-0.39, 0.29) is 0 Å². The number of pyridine rings is 1. The molecule has 1 aromatic rings. The zero-order valence-electron chi connectivity index (χ0n) is 12.3. The number of fused-ring (bicyclic) bond motifs is 1. The Bertz CT molecular complexity index is 454. The number of morpholine rings is 1. The molecule has 0 saturated carbocycles. The Labute approximate surface area is 120 Å². The lowest BCUT2D eigenvalue weighted by Gasteiger charge is -2.45. The Hall–Kier alpha value is -1.17. The summed E-state index contributed by atoms with van der Waals surface area (Å²) in [7, 11) is 3.86. The molecular weight excluding hydrogens is 254 g/mol. The van der Waals surface area contributed by atoms with Gasteiger partial charge in [0.1, 0.15) is 0 Å². The first-order valence-corrected chi connectivity index (χ1v) is 7.30. The van der Waals surface area contributed by atoms with Crippen molar-refractivity contribution in [2.75, 3.05) is 40.4 Å². The topological polar surface area (TPSA) is 37.8 Å². The molecule has 1 aromatic heterocycles. The number of nitrogens with zero attached hydrogens (tertiary/aromatic N) is 3. The van der Waals surface area contributed by atoms with Gasteiger partial charge in [-0.3, -0.25) is 9.80 Å². The number of piperidine rings is 1. The molecule has 0 N–H and O–H groups in total. The number of likely N-dealkylation sites (N-methyl/N-ethyl adjacent to an activating group) is 1. The van der Waals surface area contributed by atoms with Gasteiger partial charge < -0.3 is 9.47 Å². The maximum absolute atomic E-state index is 5.88. The number of methoxy groups -OCH3 is 1. The van der Waals surface area contributed by atoms with Gasteiger partial charge >= 0.3 is 0 Å². The van der Waals surface area contributed by atoms with Crippen molar-refractivity contribution >= 4 is 0 Å². The van der Waals surface area contributed by atoms with Crippen molar-refractivity contribution in [1.82, 2.24) is 14.8 Å². The van der Waals surface area contributed by atoms with Crippen molar-refractivity contribution in [3.05, 3.63) is 23.9 Å². The molecule has 0 spiro atoms. The summed E-state index contributed by atoms with van der Waals surface area (Å²) in [5, 5.41) is 0. The highest BCUT2D eigenvalue weighted by atomic mass is 16.5. The van der Waals surface area contributed by atoms with Crippen LogP contribution in [0.3, 0.4) is 0 Å². The first-order chi connectivity index (χ1) is 9.76. The summed E-state index contributed by atoms with van der Waals surface area (Å²) in [4.78, 5) is 9.40. The summed E-state index contributed by atoms with van der Waals surface area (Å²) >= 11 is 0. The molecule has 0 aliphatic carbocycles. The molecule has 3 rings (SSSR count). The molecule has 5 nitrogen and oxygen atoms in total. The molecule has 0 bridgehead atoms. The van der Waals surface area contributed by atoms with Gasteiger partial charge in [-0.2, -0.15) is 0 Å². The Kier molecular flexibility index (Phi) is 4.19. The zero-order valence-corrected chi connectivity index (χ0v) is 12.3. The van der Waals surface area contributed by atoms with Crippen LogP contribution in [0.2, 0.25) is 0 Å². The Morgan fingerprint density at radius 1 is 1.40 bits per heavy atom. The van der Waals surface area contributed by atoms with E-state index in [1.54, 1.807) is 7.11 Å². The Balaban J connectivity index is 1.63. The third-order valence-electron chi connectivity index (χ3n) is 4.32. The van der Waals surface area contributed by atoms with Gasteiger partial charge in [0.15, 0.2) is 0 Å². The van der Waals surface area contributed by atoms with Crippen molar-refractivity contribution in [1.29, 1.82) is 0 Å². The van der Waals surface area contributed by atoms with E-state index >= 15 is 0 Å². The fourth-order valence-corrected chi connectivity index (χ4v) is 3.14. The van der Waals surface area contributed by atoms with Crippen molar-refractivity contribution in [2.24, 2.45) is 0 Å². The van der Waals surface area contributed by atoms with E-state index in [1.807, 2.05) is 12.1 Å². The van der Waals surface area contributed by atoms with Crippen LogP contribution in [0.5, 0.6) is 5.88 Å². The third kappa shape index (κ3) is 2.95. The van der Waals surface area contributed by atoms with Gasteiger partial charge in [-0.15, -0.1) is 0 Å². The monoisotopic (exact) mass is 277 g/mol. The average molecular weight is 277 g/mol. The van der Waals surface area contributed by atoms with Crippen LogP contribution in [0.1, 0.15) is 12.1 Å². The van der Waals surface area contributed by atoms with Gasteiger partial charge in [0.2, 0.25) is 5.88 Å². The lowest BCUT2D eigenvalue weighted by atomic mass is 9.99. The van der Waals surface area contributed by atoms with Gasteiger partial charge in [0.25, 0.3) is 0 Å². The summed E-state index contributed by atoms with van der Waals surface area (Å²) in [6, 6.07) is 6.47. The summed E-state index contributed by atoms with van der Waals surface area (Å²) in [5.74, 6) is 0.690. The summed E-state index contributed by atoms with van der Waals surface area (Å²) in [6.07, 6.45) is 1.52. The van der Waals surface area contributed by atoms with Crippen LogP contribution in [-0.2, 0) is 11.3 Å². The molecule has 2 aliphatic rings. The van der Waals surface area contributed by atoms with E-state index in [4.69, 9.17) is 9.47 Å². The SMILES string of the molecule is COc1cccc(CN2CC[C@@H]3OCCN(C)[C@H]3C2)n1. The smallest absolute Gasteiger partial charge is 0.213 e. The minimum Gasteiger partial charge on any atom is -0.481 e. The molecule has 0 aromatic carbocycles. The molecule has 2 aliphatic heterocycles. The van der Waals surface area contributed by atoms with Gasteiger partial charge in [-0.1, -0.05) is 6.07 Å². The van der Waals surface area contributed by atoms with E-state index in [0.717, 1.165) is 44.9 Å². The van der Waals surface area contributed by atoms with Gasteiger partial charge in [0.05, 0.1) is 25.5 Å². The normalized spacial score (nSPS) is 28.1. The van der Waals surface area contributed by atoms with E-state index in [9.17, 15) is 0 Å². The molecule has 2 atom stereocenters. The van der Waals surface area contributed by atoms with E-state index in [2.05, 4.69) is 27.9 Å². The highest BCUT2D eigenvalue weighted by Gasteiger charge is 2.35. The fourth-order valence-electron chi connectivity index (χ4n) is 3.14. The second kappa shape index (κ2) is 6.08. The van der Waals surface area contributed by atoms with Crippen molar-refractivity contribution in [2.45, 2.75) is 25.1 Å². The Morgan fingerprint density at radius 3 is 3.15 bits per heavy atom. The summed E-state index contributed by atoms with van der Waals surface area (Å²) < 4.78 is 11.1. The Morgan fingerprint density at radius 2 is 2.30 bits per heavy atom. The molecule has 0 radical (unpaired) electrons. The quantitative estimate of drug-likeness (QED) is 0.824. The van der Waals surface area contributed by atoms with Crippen molar-refractivity contribution in [3.63, 3.8) is 0 Å². The minimum atomic E-state index is 0.406. The predicted octanol–water partition coefficient (Wildman–Crippen LogP) is 0.995. The lowest BCUT2D eigenvalue weighted by molar-refractivity contribution is -0.0958. The number of hydrogen-bond acceptors (Lipinski definition) is 5.